The van der Waals surface area contributed by atoms with Crippen LogP contribution in [0.25, 0.3) is 0 Å². The molecule has 3 heteroatoms. The normalized spacial score (nSPS) is 17.3. The Bertz CT molecular complexity index is 658. The molecular formula is C21H28N2O. The van der Waals surface area contributed by atoms with Gasteiger partial charge in [-0.1, -0.05) is 35.9 Å². The van der Waals surface area contributed by atoms with Gasteiger partial charge in [-0.25, -0.2) is 0 Å². The number of hydrogen-bond donors (Lipinski definition) is 1. The molecule has 1 aliphatic heterocycles. The molecule has 0 aromatic heterocycles. The van der Waals surface area contributed by atoms with Crippen LogP contribution in [0.4, 0.5) is 0 Å². The highest BCUT2D eigenvalue weighted by Gasteiger charge is 2.24. The standard InChI is InChI=1S/C21H28N2O/c1-16-5-6-17(2)20(15-16)21(23-13-4-11-22-12-14-23)18-7-9-19(24-3)10-8-18/h5-10,15,21-22H,4,11-14H2,1-3H3. The lowest BCUT2D eigenvalue weighted by atomic mass is 9.92. The summed E-state index contributed by atoms with van der Waals surface area (Å²) in [6, 6.07) is 15.7. The van der Waals surface area contributed by atoms with Crippen molar-refractivity contribution in [3.8, 4) is 5.75 Å². The summed E-state index contributed by atoms with van der Waals surface area (Å²) >= 11 is 0. The summed E-state index contributed by atoms with van der Waals surface area (Å²) < 4.78 is 5.34. The topological polar surface area (TPSA) is 24.5 Å². The summed E-state index contributed by atoms with van der Waals surface area (Å²) in [4.78, 5) is 2.61. The molecule has 0 saturated carbocycles. The molecule has 1 atom stereocenters. The average Bonchev–Trinajstić information content (AvgIpc) is 2.88. The molecule has 0 aliphatic carbocycles. The fourth-order valence-electron chi connectivity index (χ4n) is 3.55. The number of nitrogens with one attached hydrogen (secondary N) is 1. The number of hydrogen-bond acceptors (Lipinski definition) is 3. The summed E-state index contributed by atoms with van der Waals surface area (Å²) in [5, 5.41) is 3.52. The largest absolute Gasteiger partial charge is 0.497 e. The molecule has 1 fully saturated rings. The Kier molecular flexibility index (Phi) is 5.54. The van der Waals surface area contributed by atoms with E-state index in [1.165, 1.54) is 28.7 Å². The number of ether oxygens (including phenoxy) is 1. The van der Waals surface area contributed by atoms with E-state index in [0.29, 0.717) is 6.04 Å². The third-order valence-corrected chi connectivity index (χ3v) is 4.90. The molecule has 1 heterocycles. The van der Waals surface area contributed by atoms with Crippen LogP contribution in [0.15, 0.2) is 42.5 Å². The summed E-state index contributed by atoms with van der Waals surface area (Å²) in [6.07, 6.45) is 1.19. The monoisotopic (exact) mass is 324 g/mol. The molecule has 1 unspecified atom stereocenters. The van der Waals surface area contributed by atoms with Gasteiger partial charge < -0.3 is 10.1 Å². The maximum atomic E-state index is 5.34. The fraction of sp³-hybridized carbons (Fsp3) is 0.429. The molecule has 0 amide bonds. The molecule has 2 aromatic rings. The first-order chi connectivity index (χ1) is 11.7. The van der Waals surface area contributed by atoms with E-state index in [9.17, 15) is 0 Å². The second-order valence-corrected chi connectivity index (χ2v) is 6.68. The Hall–Kier alpha value is -1.84. The van der Waals surface area contributed by atoms with Gasteiger partial charge in [0.05, 0.1) is 13.2 Å². The molecule has 0 spiro atoms. The molecule has 2 aromatic carbocycles. The van der Waals surface area contributed by atoms with Crippen LogP contribution in [0.2, 0.25) is 0 Å². The van der Waals surface area contributed by atoms with Gasteiger partial charge >= 0.3 is 0 Å². The fourth-order valence-corrected chi connectivity index (χ4v) is 3.55. The minimum absolute atomic E-state index is 0.302. The smallest absolute Gasteiger partial charge is 0.118 e. The molecule has 3 nitrogen and oxygen atoms in total. The van der Waals surface area contributed by atoms with Crippen molar-refractivity contribution < 1.29 is 4.74 Å². The molecule has 0 radical (unpaired) electrons. The van der Waals surface area contributed by atoms with Gasteiger partial charge in [0, 0.05) is 19.6 Å². The van der Waals surface area contributed by atoms with E-state index < -0.39 is 0 Å². The first-order valence-corrected chi connectivity index (χ1v) is 8.85. The van der Waals surface area contributed by atoms with Crippen LogP contribution in [0.5, 0.6) is 5.75 Å². The lowest BCUT2D eigenvalue weighted by molar-refractivity contribution is 0.240. The van der Waals surface area contributed by atoms with Crippen LogP contribution in [0, 0.1) is 13.8 Å². The van der Waals surface area contributed by atoms with Crippen molar-refractivity contribution in [2.24, 2.45) is 0 Å². The summed E-state index contributed by atoms with van der Waals surface area (Å²) in [5.41, 5.74) is 5.44. The lowest BCUT2D eigenvalue weighted by Crippen LogP contribution is -2.33. The highest BCUT2D eigenvalue weighted by molar-refractivity contribution is 5.41. The van der Waals surface area contributed by atoms with Crippen LogP contribution in [-0.2, 0) is 0 Å². The first-order valence-electron chi connectivity index (χ1n) is 8.85. The van der Waals surface area contributed by atoms with Crippen LogP contribution in [0.3, 0.4) is 0 Å². The van der Waals surface area contributed by atoms with Crippen molar-refractivity contribution in [3.05, 3.63) is 64.7 Å². The molecule has 128 valence electrons. The maximum Gasteiger partial charge on any atom is 0.118 e. The Morgan fingerprint density at radius 3 is 2.54 bits per heavy atom. The van der Waals surface area contributed by atoms with Crippen molar-refractivity contribution >= 4 is 0 Å². The molecule has 1 aliphatic rings. The van der Waals surface area contributed by atoms with Crippen LogP contribution < -0.4 is 10.1 Å². The van der Waals surface area contributed by atoms with Gasteiger partial charge in [-0.3, -0.25) is 4.90 Å². The number of nitrogens with zero attached hydrogens (tertiary/aromatic N) is 1. The van der Waals surface area contributed by atoms with Crippen molar-refractivity contribution in [3.63, 3.8) is 0 Å². The van der Waals surface area contributed by atoms with Gasteiger partial charge in [0.15, 0.2) is 0 Å². The van der Waals surface area contributed by atoms with E-state index in [1.807, 2.05) is 0 Å². The summed E-state index contributed by atoms with van der Waals surface area (Å²) in [6.45, 7) is 8.76. The molecule has 0 bridgehead atoms. The van der Waals surface area contributed by atoms with E-state index in [4.69, 9.17) is 4.74 Å². The van der Waals surface area contributed by atoms with Crippen molar-refractivity contribution in [2.75, 3.05) is 33.3 Å². The maximum absolute atomic E-state index is 5.34. The number of aryl methyl sites for hydroxylation is 2. The minimum atomic E-state index is 0.302. The first kappa shape index (κ1) is 17.0. The lowest BCUT2D eigenvalue weighted by Gasteiger charge is -2.32. The van der Waals surface area contributed by atoms with Crippen LogP contribution in [-0.4, -0.2) is 38.2 Å². The molecule has 1 N–H and O–H groups in total. The third-order valence-electron chi connectivity index (χ3n) is 4.90. The van der Waals surface area contributed by atoms with Gasteiger partial charge in [-0.05, 0) is 55.6 Å². The number of benzene rings is 2. The van der Waals surface area contributed by atoms with Gasteiger partial charge in [0.2, 0.25) is 0 Å². The van der Waals surface area contributed by atoms with E-state index in [2.05, 4.69) is 66.5 Å². The van der Waals surface area contributed by atoms with Crippen molar-refractivity contribution in [1.82, 2.24) is 10.2 Å². The van der Waals surface area contributed by atoms with E-state index >= 15 is 0 Å². The third kappa shape index (κ3) is 3.80. The Labute approximate surface area is 145 Å². The minimum Gasteiger partial charge on any atom is -0.497 e. The Balaban J connectivity index is 2.03. The number of methoxy groups -OCH3 is 1. The zero-order valence-corrected chi connectivity index (χ0v) is 15.0. The molecule has 24 heavy (non-hydrogen) atoms. The van der Waals surface area contributed by atoms with E-state index in [0.717, 1.165) is 31.9 Å². The Morgan fingerprint density at radius 1 is 1.00 bits per heavy atom. The van der Waals surface area contributed by atoms with Crippen molar-refractivity contribution in [2.45, 2.75) is 26.3 Å². The van der Waals surface area contributed by atoms with Gasteiger partial charge in [-0.15, -0.1) is 0 Å². The quantitative estimate of drug-likeness (QED) is 0.928. The average molecular weight is 324 g/mol. The van der Waals surface area contributed by atoms with Gasteiger partial charge in [-0.2, -0.15) is 0 Å². The second-order valence-electron chi connectivity index (χ2n) is 6.68. The van der Waals surface area contributed by atoms with E-state index in [1.54, 1.807) is 7.11 Å². The predicted molar refractivity (Wildman–Crippen MR) is 99.8 cm³/mol. The van der Waals surface area contributed by atoms with Crippen LogP contribution >= 0.6 is 0 Å². The SMILES string of the molecule is COc1ccc(C(c2cc(C)ccc2C)N2CCCNCC2)cc1. The summed E-state index contributed by atoms with van der Waals surface area (Å²) in [5.74, 6) is 0.913. The molecule has 3 rings (SSSR count). The molecular weight excluding hydrogens is 296 g/mol. The van der Waals surface area contributed by atoms with Crippen LogP contribution in [0.1, 0.15) is 34.7 Å². The zero-order chi connectivity index (χ0) is 16.9. The highest BCUT2D eigenvalue weighted by atomic mass is 16.5. The molecule has 1 saturated heterocycles. The predicted octanol–water partition coefficient (Wildman–Crippen LogP) is 3.70. The second kappa shape index (κ2) is 7.82. The van der Waals surface area contributed by atoms with Gasteiger partial charge in [0.1, 0.15) is 5.75 Å². The number of rotatable bonds is 4. The van der Waals surface area contributed by atoms with Gasteiger partial charge in [0.25, 0.3) is 0 Å². The van der Waals surface area contributed by atoms with E-state index in [-0.39, 0.29) is 0 Å². The Morgan fingerprint density at radius 2 is 1.79 bits per heavy atom. The zero-order valence-electron chi connectivity index (χ0n) is 15.0. The summed E-state index contributed by atoms with van der Waals surface area (Å²) in [7, 11) is 1.72. The van der Waals surface area contributed by atoms with Crippen molar-refractivity contribution in [1.29, 1.82) is 0 Å². The highest BCUT2D eigenvalue weighted by Crippen LogP contribution is 2.32.